The zero-order valence-corrected chi connectivity index (χ0v) is 14.8. The second-order valence-electron chi connectivity index (χ2n) is 6.75. The maximum atomic E-state index is 9.70. The molecule has 0 aromatic heterocycles. The summed E-state index contributed by atoms with van der Waals surface area (Å²) in [5, 5.41) is 14.0. The Balaban J connectivity index is 1.60. The van der Waals surface area contributed by atoms with Crippen LogP contribution >= 0.6 is 0 Å². The largest absolute Gasteiger partial charge is 0.437 e. The minimum atomic E-state index is -0.391. The number of piperidine rings is 1. The summed E-state index contributed by atoms with van der Waals surface area (Å²) in [5.41, 5.74) is 2.53. The van der Waals surface area contributed by atoms with Gasteiger partial charge in [-0.05, 0) is 44.2 Å². The number of hydrogen-bond acceptors (Lipinski definition) is 5. The monoisotopic (exact) mass is 341 g/mol. The SMILES string of the molecule is [C-]#[N+]c1ccc(C2=NOC(C(OC)C3CCN(B(C)O)CC3)C2)cc1. The lowest BCUT2D eigenvalue weighted by atomic mass is 9.79. The molecule has 132 valence electrons. The maximum Gasteiger partial charge on any atom is 0.376 e. The molecule has 3 rings (SSSR count). The van der Waals surface area contributed by atoms with Gasteiger partial charge in [-0.25, -0.2) is 4.85 Å². The van der Waals surface area contributed by atoms with Crippen molar-refractivity contribution in [1.82, 2.24) is 4.81 Å². The Morgan fingerprint density at radius 3 is 2.60 bits per heavy atom. The fraction of sp³-hybridized carbons (Fsp3) is 0.556. The van der Waals surface area contributed by atoms with E-state index < -0.39 is 7.05 Å². The van der Waals surface area contributed by atoms with Gasteiger partial charge in [0.15, 0.2) is 11.8 Å². The molecule has 2 aliphatic rings. The van der Waals surface area contributed by atoms with E-state index in [-0.39, 0.29) is 12.2 Å². The Morgan fingerprint density at radius 1 is 1.36 bits per heavy atom. The van der Waals surface area contributed by atoms with Crippen LogP contribution in [0.15, 0.2) is 29.4 Å². The number of nitrogens with zero attached hydrogens (tertiary/aromatic N) is 3. The van der Waals surface area contributed by atoms with Crippen molar-refractivity contribution in [1.29, 1.82) is 0 Å². The summed E-state index contributed by atoms with van der Waals surface area (Å²) in [6.45, 7) is 10.6. The van der Waals surface area contributed by atoms with E-state index in [0.717, 1.165) is 37.2 Å². The lowest BCUT2D eigenvalue weighted by molar-refractivity contribution is -0.0758. The Bertz CT molecular complexity index is 649. The molecule has 1 aromatic carbocycles. The lowest BCUT2D eigenvalue weighted by Crippen LogP contribution is -2.47. The van der Waals surface area contributed by atoms with Gasteiger partial charge in [-0.1, -0.05) is 29.4 Å². The molecule has 6 nitrogen and oxygen atoms in total. The Kier molecular flexibility index (Phi) is 5.74. The van der Waals surface area contributed by atoms with Crippen molar-refractivity contribution in [3.05, 3.63) is 41.2 Å². The number of benzene rings is 1. The van der Waals surface area contributed by atoms with Gasteiger partial charge in [0.05, 0.1) is 18.4 Å². The third kappa shape index (κ3) is 4.04. The molecule has 7 heteroatoms. The summed E-state index contributed by atoms with van der Waals surface area (Å²) in [6.07, 6.45) is 2.60. The number of methoxy groups -OCH3 is 1. The van der Waals surface area contributed by atoms with E-state index in [1.54, 1.807) is 19.2 Å². The molecule has 1 fully saturated rings. The highest BCUT2D eigenvalue weighted by molar-refractivity contribution is 6.45. The third-order valence-corrected chi connectivity index (χ3v) is 5.23. The van der Waals surface area contributed by atoms with Gasteiger partial charge in [-0.2, -0.15) is 0 Å². The predicted molar refractivity (Wildman–Crippen MR) is 97.7 cm³/mol. The average Bonchev–Trinajstić information content (AvgIpc) is 3.12. The highest BCUT2D eigenvalue weighted by atomic mass is 16.7. The molecule has 0 radical (unpaired) electrons. The molecule has 1 aromatic rings. The molecule has 2 heterocycles. The molecular formula is C18H24BN3O3. The fourth-order valence-corrected chi connectivity index (χ4v) is 3.74. The average molecular weight is 341 g/mol. The Labute approximate surface area is 149 Å². The third-order valence-electron chi connectivity index (χ3n) is 5.23. The van der Waals surface area contributed by atoms with Crippen LogP contribution < -0.4 is 0 Å². The molecule has 0 spiro atoms. The molecule has 1 N–H and O–H groups in total. The van der Waals surface area contributed by atoms with Crippen molar-refractivity contribution < 1.29 is 14.6 Å². The van der Waals surface area contributed by atoms with Crippen LogP contribution in [0.2, 0.25) is 6.82 Å². The van der Waals surface area contributed by atoms with Gasteiger partial charge in [-0.3, -0.25) is 0 Å². The second-order valence-corrected chi connectivity index (χ2v) is 6.75. The topological polar surface area (TPSA) is 58.7 Å². The molecule has 0 saturated carbocycles. The summed E-state index contributed by atoms with van der Waals surface area (Å²) in [7, 11) is 1.34. The van der Waals surface area contributed by atoms with Crippen LogP contribution in [-0.2, 0) is 9.57 Å². The number of hydrogen-bond donors (Lipinski definition) is 1. The molecule has 0 aliphatic carbocycles. The van der Waals surface area contributed by atoms with E-state index in [1.807, 2.05) is 19.0 Å². The summed E-state index contributed by atoms with van der Waals surface area (Å²) in [4.78, 5) is 11.2. The smallest absolute Gasteiger partial charge is 0.376 e. The minimum Gasteiger partial charge on any atom is -0.437 e. The summed E-state index contributed by atoms with van der Waals surface area (Å²) >= 11 is 0. The summed E-state index contributed by atoms with van der Waals surface area (Å²) in [6, 6.07) is 7.44. The van der Waals surface area contributed by atoms with Gasteiger partial charge >= 0.3 is 7.05 Å². The van der Waals surface area contributed by atoms with Crippen LogP contribution in [0.4, 0.5) is 5.69 Å². The van der Waals surface area contributed by atoms with E-state index >= 15 is 0 Å². The zero-order valence-electron chi connectivity index (χ0n) is 14.8. The quantitative estimate of drug-likeness (QED) is 0.661. The second kappa shape index (κ2) is 8.00. The van der Waals surface area contributed by atoms with Crippen LogP contribution in [0.5, 0.6) is 0 Å². The van der Waals surface area contributed by atoms with Crippen molar-refractivity contribution in [3.63, 3.8) is 0 Å². The van der Waals surface area contributed by atoms with Crippen molar-refractivity contribution in [2.75, 3.05) is 20.2 Å². The summed E-state index contributed by atoms with van der Waals surface area (Å²) < 4.78 is 5.77. The molecular weight excluding hydrogens is 317 g/mol. The fourth-order valence-electron chi connectivity index (χ4n) is 3.74. The Hall–Kier alpha value is -1.88. The number of ether oxygens (including phenoxy) is 1. The van der Waals surface area contributed by atoms with Crippen LogP contribution in [-0.4, -0.2) is 55.0 Å². The van der Waals surface area contributed by atoms with E-state index in [4.69, 9.17) is 16.1 Å². The predicted octanol–water partition coefficient (Wildman–Crippen LogP) is 2.57. The van der Waals surface area contributed by atoms with Gasteiger partial charge in [0.1, 0.15) is 0 Å². The van der Waals surface area contributed by atoms with Crippen LogP contribution in [0.25, 0.3) is 4.85 Å². The first kappa shape index (κ1) is 17.9. The lowest BCUT2D eigenvalue weighted by Gasteiger charge is -2.37. The molecule has 25 heavy (non-hydrogen) atoms. The van der Waals surface area contributed by atoms with E-state index in [0.29, 0.717) is 18.0 Å². The van der Waals surface area contributed by atoms with Crippen molar-refractivity contribution in [2.45, 2.75) is 38.3 Å². The van der Waals surface area contributed by atoms with Crippen LogP contribution in [0.1, 0.15) is 24.8 Å². The molecule has 2 unspecified atom stereocenters. The van der Waals surface area contributed by atoms with E-state index in [1.165, 1.54) is 0 Å². The van der Waals surface area contributed by atoms with Gasteiger partial charge in [-0.15, -0.1) is 0 Å². The van der Waals surface area contributed by atoms with Gasteiger partial charge in [0.25, 0.3) is 0 Å². The Morgan fingerprint density at radius 2 is 2.04 bits per heavy atom. The highest BCUT2D eigenvalue weighted by Gasteiger charge is 2.38. The standard InChI is InChI=1S/C18H24BN3O3/c1-19(23)22-10-8-14(9-11-22)18(24-3)17-12-16(21-25-17)13-4-6-15(20-2)7-5-13/h4-7,14,17-18,23H,8-12H2,1,3H3. The normalized spacial score (nSPS) is 22.8. The molecule has 0 bridgehead atoms. The summed E-state index contributed by atoms with van der Waals surface area (Å²) in [5.74, 6) is 0.407. The number of rotatable bonds is 5. The van der Waals surface area contributed by atoms with Crippen molar-refractivity contribution in [2.24, 2.45) is 11.1 Å². The molecule has 1 saturated heterocycles. The van der Waals surface area contributed by atoms with Crippen LogP contribution in [0, 0.1) is 12.5 Å². The minimum absolute atomic E-state index is 0.0000796. The van der Waals surface area contributed by atoms with Gasteiger partial charge < -0.3 is 19.4 Å². The highest BCUT2D eigenvalue weighted by Crippen LogP contribution is 2.30. The zero-order chi connectivity index (χ0) is 17.8. The van der Waals surface area contributed by atoms with Crippen LogP contribution in [0.3, 0.4) is 0 Å². The maximum absolute atomic E-state index is 9.70. The molecule has 2 aliphatic heterocycles. The van der Waals surface area contributed by atoms with Crippen molar-refractivity contribution >= 4 is 18.4 Å². The molecule has 0 amide bonds. The van der Waals surface area contributed by atoms with E-state index in [9.17, 15) is 5.02 Å². The first-order chi connectivity index (χ1) is 12.1. The number of oxime groups is 1. The first-order valence-electron chi connectivity index (χ1n) is 8.78. The van der Waals surface area contributed by atoms with Gasteiger partial charge in [0, 0.05) is 13.5 Å². The molecule has 2 atom stereocenters. The van der Waals surface area contributed by atoms with Gasteiger partial charge in [0.2, 0.25) is 0 Å². The van der Waals surface area contributed by atoms with E-state index in [2.05, 4.69) is 14.8 Å². The first-order valence-corrected chi connectivity index (χ1v) is 8.78. The van der Waals surface area contributed by atoms with Crippen molar-refractivity contribution in [3.8, 4) is 0 Å².